The number of likely N-dealkylation sites (tertiary alicyclic amines) is 1. The number of piperidine rings is 2. The lowest BCUT2D eigenvalue weighted by Gasteiger charge is -2.52. The van der Waals surface area contributed by atoms with Crippen LogP contribution in [0.3, 0.4) is 0 Å². The standard InChI is InChI=1S/C34H44N2O5/c1-33(2,3)41-32(38)36-22-10-21-34(20-9-15-31(37)35-34)30(36)24-39-27-18-16-26(17-19-27)28-13-7-8-14-29(28)40-23-25-11-5-4-6-12-25/h4-8,11-14,16,27,30H,9-10,15,17-24H2,1-3H3,(H,35,37). The first-order chi connectivity index (χ1) is 19.7. The molecule has 220 valence electrons. The van der Waals surface area contributed by atoms with Crippen molar-refractivity contribution in [1.29, 1.82) is 0 Å². The predicted octanol–water partition coefficient (Wildman–Crippen LogP) is 6.66. The Balaban J connectivity index is 1.25. The molecule has 2 fully saturated rings. The topological polar surface area (TPSA) is 77.1 Å². The largest absolute Gasteiger partial charge is 0.488 e. The normalized spacial score (nSPS) is 24.9. The maximum Gasteiger partial charge on any atom is 0.410 e. The average molecular weight is 561 g/mol. The molecule has 0 aromatic heterocycles. The van der Waals surface area contributed by atoms with Crippen LogP contribution in [-0.2, 0) is 20.9 Å². The van der Waals surface area contributed by atoms with Crippen LogP contribution in [0, 0.1) is 0 Å². The van der Waals surface area contributed by atoms with Gasteiger partial charge in [-0.15, -0.1) is 0 Å². The molecule has 0 radical (unpaired) electrons. The van der Waals surface area contributed by atoms with E-state index in [0.717, 1.165) is 61.8 Å². The minimum atomic E-state index is -0.589. The summed E-state index contributed by atoms with van der Waals surface area (Å²) in [6.45, 7) is 7.17. The predicted molar refractivity (Wildman–Crippen MR) is 159 cm³/mol. The molecule has 3 aliphatic rings. The molecule has 5 rings (SSSR count). The van der Waals surface area contributed by atoms with Crippen molar-refractivity contribution in [3.8, 4) is 5.75 Å². The van der Waals surface area contributed by atoms with Gasteiger partial charge in [-0.1, -0.05) is 54.6 Å². The molecule has 2 aromatic rings. The summed E-state index contributed by atoms with van der Waals surface area (Å²) >= 11 is 0. The number of carbonyl (C=O) groups excluding carboxylic acids is 2. The molecule has 1 aliphatic carbocycles. The number of hydrogen-bond donors (Lipinski definition) is 1. The van der Waals surface area contributed by atoms with Crippen LogP contribution in [-0.4, -0.2) is 53.3 Å². The van der Waals surface area contributed by atoms with Crippen molar-refractivity contribution < 1.29 is 23.8 Å². The van der Waals surface area contributed by atoms with E-state index in [2.05, 4.69) is 35.7 Å². The Bertz CT molecular complexity index is 1230. The Labute approximate surface area is 244 Å². The van der Waals surface area contributed by atoms with Gasteiger partial charge in [-0.3, -0.25) is 4.79 Å². The van der Waals surface area contributed by atoms with Crippen LogP contribution < -0.4 is 10.1 Å². The number of nitrogens with zero attached hydrogens (tertiary/aromatic N) is 1. The van der Waals surface area contributed by atoms with Gasteiger partial charge in [0.2, 0.25) is 5.91 Å². The van der Waals surface area contributed by atoms with E-state index in [1.165, 1.54) is 5.57 Å². The van der Waals surface area contributed by atoms with Crippen LogP contribution >= 0.6 is 0 Å². The lowest BCUT2D eigenvalue weighted by atomic mass is 9.75. The van der Waals surface area contributed by atoms with Crippen molar-refractivity contribution in [1.82, 2.24) is 10.2 Å². The van der Waals surface area contributed by atoms with Gasteiger partial charge in [0.05, 0.1) is 24.3 Å². The van der Waals surface area contributed by atoms with Crippen LogP contribution in [0.15, 0.2) is 60.7 Å². The molecule has 41 heavy (non-hydrogen) atoms. The van der Waals surface area contributed by atoms with Gasteiger partial charge in [0.1, 0.15) is 18.0 Å². The number of hydrogen-bond acceptors (Lipinski definition) is 5. The molecule has 7 heteroatoms. The number of para-hydroxylation sites is 1. The van der Waals surface area contributed by atoms with E-state index in [1.54, 1.807) is 0 Å². The van der Waals surface area contributed by atoms with Gasteiger partial charge in [-0.25, -0.2) is 4.79 Å². The zero-order valence-corrected chi connectivity index (χ0v) is 24.7. The number of benzene rings is 2. The third kappa shape index (κ3) is 7.31. The first-order valence-corrected chi connectivity index (χ1v) is 15.1. The Morgan fingerprint density at radius 2 is 1.78 bits per heavy atom. The molecule has 2 amide bonds. The van der Waals surface area contributed by atoms with Gasteiger partial charge < -0.3 is 24.4 Å². The number of allylic oxidation sites excluding steroid dienone is 1. The lowest BCUT2D eigenvalue weighted by Crippen LogP contribution is -2.69. The summed E-state index contributed by atoms with van der Waals surface area (Å²) < 4.78 is 18.5. The first-order valence-electron chi connectivity index (χ1n) is 15.1. The van der Waals surface area contributed by atoms with Gasteiger partial charge >= 0.3 is 6.09 Å². The molecule has 7 nitrogen and oxygen atoms in total. The minimum Gasteiger partial charge on any atom is -0.488 e. The summed E-state index contributed by atoms with van der Waals surface area (Å²) in [7, 11) is 0. The zero-order valence-electron chi connectivity index (χ0n) is 24.7. The fourth-order valence-corrected chi connectivity index (χ4v) is 6.41. The zero-order chi connectivity index (χ0) is 28.9. The van der Waals surface area contributed by atoms with E-state index >= 15 is 0 Å². The SMILES string of the molecule is CC(C)(C)OC(=O)N1CCCC2(CCCC(=O)N2)C1COC1CC=C(c2ccccc2OCc2ccccc2)CC1. The van der Waals surface area contributed by atoms with Gasteiger partial charge in [0.25, 0.3) is 0 Å². The number of carbonyl (C=O) groups is 2. The van der Waals surface area contributed by atoms with E-state index in [1.807, 2.05) is 56.0 Å². The number of amides is 2. The van der Waals surface area contributed by atoms with Gasteiger partial charge in [-0.2, -0.15) is 0 Å². The minimum absolute atomic E-state index is 0.0508. The highest BCUT2D eigenvalue weighted by Gasteiger charge is 2.49. The summed E-state index contributed by atoms with van der Waals surface area (Å²) in [6, 6.07) is 18.2. The van der Waals surface area contributed by atoms with Crippen molar-refractivity contribution >= 4 is 17.6 Å². The molecule has 1 spiro atoms. The second-order valence-corrected chi connectivity index (χ2v) is 12.6. The van der Waals surface area contributed by atoms with Crippen LogP contribution in [0.4, 0.5) is 4.79 Å². The summed E-state index contributed by atoms with van der Waals surface area (Å²) in [6.07, 6.45) is 8.44. The van der Waals surface area contributed by atoms with Gasteiger partial charge in [-0.05, 0) is 82.9 Å². The maximum absolute atomic E-state index is 13.3. The highest BCUT2D eigenvalue weighted by Crippen LogP contribution is 2.38. The molecule has 0 saturated carbocycles. The summed E-state index contributed by atoms with van der Waals surface area (Å²) in [5, 5.41) is 3.28. The number of ether oxygens (including phenoxy) is 3. The lowest BCUT2D eigenvalue weighted by molar-refractivity contribution is -0.129. The van der Waals surface area contributed by atoms with E-state index in [-0.39, 0.29) is 24.1 Å². The smallest absolute Gasteiger partial charge is 0.410 e. The molecule has 0 bridgehead atoms. The molecule has 1 N–H and O–H groups in total. The summed E-state index contributed by atoms with van der Waals surface area (Å²) in [4.78, 5) is 27.6. The van der Waals surface area contributed by atoms with E-state index in [0.29, 0.717) is 26.2 Å². The highest BCUT2D eigenvalue weighted by molar-refractivity contribution is 5.78. The molecular weight excluding hydrogens is 516 g/mol. The maximum atomic E-state index is 13.3. The van der Waals surface area contributed by atoms with Crippen molar-refractivity contribution in [3.05, 3.63) is 71.8 Å². The molecular formula is C34H44N2O5. The van der Waals surface area contributed by atoms with Crippen LogP contribution in [0.25, 0.3) is 5.57 Å². The molecule has 2 aromatic carbocycles. The number of rotatable bonds is 7. The van der Waals surface area contributed by atoms with Crippen molar-refractivity contribution in [2.24, 2.45) is 0 Å². The molecule has 2 heterocycles. The Morgan fingerprint density at radius 3 is 2.51 bits per heavy atom. The van der Waals surface area contributed by atoms with Crippen LogP contribution in [0.5, 0.6) is 5.75 Å². The molecule has 2 saturated heterocycles. The highest BCUT2D eigenvalue weighted by atomic mass is 16.6. The van der Waals surface area contributed by atoms with Gasteiger partial charge in [0, 0.05) is 18.5 Å². The average Bonchev–Trinajstić information content (AvgIpc) is 2.95. The number of nitrogens with one attached hydrogen (secondary N) is 1. The van der Waals surface area contributed by atoms with E-state index in [4.69, 9.17) is 14.2 Å². The Hall–Kier alpha value is -3.32. The summed E-state index contributed by atoms with van der Waals surface area (Å²) in [5.74, 6) is 0.956. The molecule has 3 unspecified atom stereocenters. The van der Waals surface area contributed by atoms with Crippen LogP contribution in [0.1, 0.15) is 83.3 Å². The van der Waals surface area contributed by atoms with Crippen molar-refractivity contribution in [3.63, 3.8) is 0 Å². The second-order valence-electron chi connectivity index (χ2n) is 12.6. The third-order valence-corrected chi connectivity index (χ3v) is 8.40. The quantitative estimate of drug-likeness (QED) is 0.410. The van der Waals surface area contributed by atoms with Crippen molar-refractivity contribution in [2.45, 2.75) is 102 Å². The first kappa shape index (κ1) is 29.2. The van der Waals surface area contributed by atoms with Gasteiger partial charge in [0.15, 0.2) is 0 Å². The van der Waals surface area contributed by atoms with E-state index < -0.39 is 11.1 Å². The van der Waals surface area contributed by atoms with Crippen molar-refractivity contribution in [2.75, 3.05) is 13.2 Å². The monoisotopic (exact) mass is 560 g/mol. The fourth-order valence-electron chi connectivity index (χ4n) is 6.41. The fraction of sp³-hybridized carbons (Fsp3) is 0.529. The Morgan fingerprint density at radius 1 is 1.02 bits per heavy atom. The second kappa shape index (κ2) is 12.7. The third-order valence-electron chi connectivity index (χ3n) is 8.40. The van der Waals surface area contributed by atoms with E-state index in [9.17, 15) is 9.59 Å². The molecule has 2 aliphatic heterocycles. The summed E-state index contributed by atoms with van der Waals surface area (Å²) in [5.41, 5.74) is 2.50. The Kier molecular flexibility index (Phi) is 9.03. The molecule has 3 atom stereocenters. The van der Waals surface area contributed by atoms with Crippen LogP contribution in [0.2, 0.25) is 0 Å².